The molecule has 0 aliphatic heterocycles. The van der Waals surface area contributed by atoms with Gasteiger partial charge in [-0.2, -0.15) is 4.99 Å². The summed E-state index contributed by atoms with van der Waals surface area (Å²) in [6.07, 6.45) is 1.49. The molecule has 1 amide bonds. The number of nitrogen functional groups attached to an aromatic ring is 1. The fourth-order valence-corrected chi connectivity index (χ4v) is 1.44. The smallest absolute Gasteiger partial charge is 0.285 e. The number of nitrogens with two attached hydrogens (primary N) is 3. The summed E-state index contributed by atoms with van der Waals surface area (Å²) >= 11 is 0. The van der Waals surface area contributed by atoms with Gasteiger partial charge in [0.25, 0.3) is 5.91 Å². The van der Waals surface area contributed by atoms with Crippen molar-refractivity contribution in [3.8, 4) is 5.69 Å². The average Bonchev–Trinajstić information content (AvgIpc) is 2.72. The van der Waals surface area contributed by atoms with Crippen LogP contribution in [0.1, 0.15) is 10.4 Å². The predicted molar refractivity (Wildman–Crippen MR) is 68.1 cm³/mol. The topological polar surface area (TPSA) is 125 Å². The molecule has 1 heterocycles. The quantitative estimate of drug-likeness (QED) is 0.501. The fraction of sp³-hybridized carbons (Fsp3) is 0. The van der Waals surface area contributed by atoms with E-state index in [1.54, 1.807) is 0 Å². The van der Waals surface area contributed by atoms with Crippen LogP contribution < -0.4 is 17.2 Å². The van der Waals surface area contributed by atoms with Crippen molar-refractivity contribution in [2.24, 2.45) is 16.5 Å². The minimum atomic E-state index is -0.616. The molecule has 92 valence electrons. The van der Waals surface area contributed by atoms with E-state index in [-0.39, 0.29) is 17.3 Å². The van der Waals surface area contributed by atoms with Crippen LogP contribution in [0.5, 0.6) is 0 Å². The van der Waals surface area contributed by atoms with Gasteiger partial charge in [0.1, 0.15) is 5.56 Å². The van der Waals surface area contributed by atoms with E-state index in [4.69, 9.17) is 17.2 Å². The number of hydrogen-bond donors (Lipinski definition) is 3. The van der Waals surface area contributed by atoms with E-state index < -0.39 is 5.91 Å². The third kappa shape index (κ3) is 2.29. The van der Waals surface area contributed by atoms with Gasteiger partial charge in [0.2, 0.25) is 0 Å². The number of aliphatic imine (C=N–C) groups is 1. The summed E-state index contributed by atoms with van der Waals surface area (Å²) in [6, 6.07) is 9.25. The van der Waals surface area contributed by atoms with Gasteiger partial charge in [-0.05, 0) is 12.1 Å². The number of carbonyl (C=O) groups is 1. The van der Waals surface area contributed by atoms with E-state index in [0.29, 0.717) is 0 Å². The number of para-hydroxylation sites is 1. The van der Waals surface area contributed by atoms with Crippen LogP contribution in [-0.4, -0.2) is 21.6 Å². The van der Waals surface area contributed by atoms with E-state index in [0.717, 1.165) is 5.69 Å². The summed E-state index contributed by atoms with van der Waals surface area (Å²) in [6.45, 7) is 0. The lowest BCUT2D eigenvalue weighted by Crippen LogP contribution is -2.24. The van der Waals surface area contributed by atoms with Crippen LogP contribution in [0.4, 0.5) is 5.82 Å². The minimum Gasteiger partial charge on any atom is -0.382 e. The third-order valence-electron chi connectivity index (χ3n) is 2.22. The molecule has 0 radical (unpaired) electrons. The number of hydrogen-bond acceptors (Lipinski definition) is 3. The maximum Gasteiger partial charge on any atom is 0.285 e. The van der Waals surface area contributed by atoms with Crippen molar-refractivity contribution in [1.29, 1.82) is 0 Å². The first-order valence-electron chi connectivity index (χ1n) is 5.12. The first-order chi connectivity index (χ1) is 8.58. The number of anilines is 1. The van der Waals surface area contributed by atoms with Gasteiger partial charge >= 0.3 is 0 Å². The first-order valence-corrected chi connectivity index (χ1v) is 5.12. The van der Waals surface area contributed by atoms with Crippen LogP contribution >= 0.6 is 0 Å². The molecule has 0 saturated carbocycles. The molecule has 0 saturated heterocycles. The van der Waals surface area contributed by atoms with Gasteiger partial charge in [-0.3, -0.25) is 4.79 Å². The molecule has 7 heteroatoms. The van der Waals surface area contributed by atoms with Crippen molar-refractivity contribution in [3.05, 3.63) is 42.1 Å². The third-order valence-corrected chi connectivity index (χ3v) is 2.22. The lowest BCUT2D eigenvalue weighted by molar-refractivity contribution is 0.100. The number of benzene rings is 1. The molecule has 2 rings (SSSR count). The van der Waals surface area contributed by atoms with Crippen LogP contribution in [-0.2, 0) is 0 Å². The Labute approximate surface area is 103 Å². The lowest BCUT2D eigenvalue weighted by Gasteiger charge is -1.98. The standard InChI is InChI=1S/C11H12N6O/c12-9-8(10(18)15-11(13)14)6-17(16-9)7-4-2-1-3-5-7/h1-6H,(H2,12,16)(H4,13,14,15,18). The first kappa shape index (κ1) is 11.6. The van der Waals surface area contributed by atoms with E-state index in [2.05, 4.69) is 10.1 Å². The van der Waals surface area contributed by atoms with E-state index in [9.17, 15) is 4.79 Å². The molecule has 0 spiro atoms. The summed E-state index contributed by atoms with van der Waals surface area (Å²) in [5.41, 5.74) is 16.9. The van der Waals surface area contributed by atoms with Crippen molar-refractivity contribution in [1.82, 2.24) is 9.78 Å². The second kappa shape index (κ2) is 4.58. The molecule has 0 aliphatic carbocycles. The van der Waals surface area contributed by atoms with Crippen molar-refractivity contribution in [2.45, 2.75) is 0 Å². The number of amides is 1. The average molecular weight is 244 g/mol. The zero-order chi connectivity index (χ0) is 13.1. The Bertz CT molecular complexity index is 597. The van der Waals surface area contributed by atoms with Crippen LogP contribution in [0.25, 0.3) is 5.69 Å². The number of aromatic nitrogens is 2. The highest BCUT2D eigenvalue weighted by molar-refractivity contribution is 6.04. The van der Waals surface area contributed by atoms with Gasteiger partial charge in [-0.15, -0.1) is 5.10 Å². The Morgan fingerprint density at radius 2 is 1.89 bits per heavy atom. The number of guanidine groups is 1. The van der Waals surface area contributed by atoms with Crippen LogP contribution in [0.2, 0.25) is 0 Å². The van der Waals surface area contributed by atoms with Gasteiger partial charge in [0.05, 0.1) is 5.69 Å². The van der Waals surface area contributed by atoms with Crippen molar-refractivity contribution in [3.63, 3.8) is 0 Å². The minimum absolute atomic E-state index is 0.0776. The second-order valence-electron chi connectivity index (χ2n) is 3.55. The molecule has 0 unspecified atom stereocenters. The molecule has 0 atom stereocenters. The summed E-state index contributed by atoms with van der Waals surface area (Å²) < 4.78 is 1.49. The lowest BCUT2D eigenvalue weighted by atomic mass is 10.3. The Morgan fingerprint density at radius 1 is 1.22 bits per heavy atom. The van der Waals surface area contributed by atoms with Crippen LogP contribution in [0.15, 0.2) is 41.5 Å². The summed E-state index contributed by atoms with van der Waals surface area (Å²) in [4.78, 5) is 15.1. The van der Waals surface area contributed by atoms with Gasteiger partial charge < -0.3 is 17.2 Å². The molecular weight excluding hydrogens is 232 g/mol. The molecule has 6 N–H and O–H groups in total. The van der Waals surface area contributed by atoms with Crippen LogP contribution in [0, 0.1) is 0 Å². The Hall–Kier alpha value is -2.83. The highest BCUT2D eigenvalue weighted by Gasteiger charge is 2.14. The highest BCUT2D eigenvalue weighted by Crippen LogP contribution is 2.14. The summed E-state index contributed by atoms with van der Waals surface area (Å²) in [7, 11) is 0. The maximum atomic E-state index is 11.6. The molecule has 7 nitrogen and oxygen atoms in total. The number of nitrogens with zero attached hydrogens (tertiary/aromatic N) is 3. The van der Waals surface area contributed by atoms with Crippen molar-refractivity contribution >= 4 is 17.7 Å². The van der Waals surface area contributed by atoms with E-state index >= 15 is 0 Å². The van der Waals surface area contributed by atoms with Gasteiger partial charge in [-0.1, -0.05) is 18.2 Å². The normalized spacial score (nSPS) is 10.0. The van der Waals surface area contributed by atoms with Gasteiger partial charge in [0, 0.05) is 6.20 Å². The molecule has 2 aromatic rings. The number of rotatable bonds is 2. The predicted octanol–water partition coefficient (Wildman–Crippen LogP) is -0.132. The molecular formula is C11H12N6O. The zero-order valence-electron chi connectivity index (χ0n) is 9.45. The number of carbonyl (C=O) groups excluding carboxylic acids is 1. The largest absolute Gasteiger partial charge is 0.382 e. The van der Waals surface area contributed by atoms with Crippen LogP contribution in [0.3, 0.4) is 0 Å². The maximum absolute atomic E-state index is 11.6. The second-order valence-corrected chi connectivity index (χ2v) is 3.55. The Kier molecular flexibility index (Phi) is 2.96. The molecule has 0 aliphatic rings. The molecule has 1 aromatic heterocycles. The van der Waals surface area contributed by atoms with E-state index in [1.165, 1.54) is 10.9 Å². The summed E-state index contributed by atoms with van der Waals surface area (Å²) in [5, 5.41) is 4.03. The van der Waals surface area contributed by atoms with Gasteiger partial charge in [0.15, 0.2) is 11.8 Å². The monoisotopic (exact) mass is 244 g/mol. The fourth-order valence-electron chi connectivity index (χ4n) is 1.44. The molecule has 18 heavy (non-hydrogen) atoms. The highest BCUT2D eigenvalue weighted by atomic mass is 16.1. The zero-order valence-corrected chi connectivity index (χ0v) is 9.45. The van der Waals surface area contributed by atoms with Crippen molar-refractivity contribution in [2.75, 3.05) is 5.73 Å². The molecule has 0 fully saturated rings. The van der Waals surface area contributed by atoms with E-state index in [1.807, 2.05) is 30.3 Å². The summed E-state index contributed by atoms with van der Waals surface area (Å²) in [5.74, 6) is -0.851. The molecule has 1 aromatic carbocycles. The Morgan fingerprint density at radius 3 is 2.50 bits per heavy atom. The Balaban J connectivity index is 2.39. The van der Waals surface area contributed by atoms with Gasteiger partial charge in [-0.25, -0.2) is 4.68 Å². The molecule has 0 bridgehead atoms. The van der Waals surface area contributed by atoms with Crippen molar-refractivity contribution < 1.29 is 4.79 Å². The SMILES string of the molecule is NC(N)=NC(=O)c1cn(-c2ccccc2)nc1N.